The van der Waals surface area contributed by atoms with E-state index >= 15 is 0 Å². The van der Waals surface area contributed by atoms with E-state index in [0.29, 0.717) is 12.2 Å². The summed E-state index contributed by atoms with van der Waals surface area (Å²) in [5.74, 6) is 1.43. The van der Waals surface area contributed by atoms with Gasteiger partial charge in [-0.25, -0.2) is 0 Å². The zero-order chi connectivity index (χ0) is 10.8. The minimum absolute atomic E-state index is 0.0715. The standard InChI is InChI=1S/C10H12BrNO3/c11-7-4-10-9(14-5-15-10)3-6(7)8(12)1-2-13/h3-4,8,13H,1-2,5,12H2. The van der Waals surface area contributed by atoms with Gasteiger partial charge in [0.2, 0.25) is 6.79 Å². The first-order valence-electron chi connectivity index (χ1n) is 4.68. The van der Waals surface area contributed by atoms with Crippen molar-refractivity contribution in [1.82, 2.24) is 0 Å². The molecule has 1 atom stereocenters. The lowest BCUT2D eigenvalue weighted by Crippen LogP contribution is -2.12. The SMILES string of the molecule is NC(CCO)c1cc2c(cc1Br)OCO2. The van der Waals surface area contributed by atoms with Crippen LogP contribution in [0.1, 0.15) is 18.0 Å². The Balaban J connectivity index is 2.31. The van der Waals surface area contributed by atoms with Crippen LogP contribution in [0.5, 0.6) is 11.5 Å². The highest BCUT2D eigenvalue weighted by Crippen LogP contribution is 2.38. The number of ether oxygens (including phenoxy) is 2. The second-order valence-corrected chi connectivity index (χ2v) is 4.20. The molecule has 1 aliphatic rings. The van der Waals surface area contributed by atoms with E-state index in [-0.39, 0.29) is 19.4 Å². The summed E-state index contributed by atoms with van der Waals surface area (Å²) >= 11 is 3.42. The van der Waals surface area contributed by atoms with Crippen LogP contribution in [-0.4, -0.2) is 18.5 Å². The summed E-state index contributed by atoms with van der Waals surface area (Å²) in [6, 6.07) is 3.50. The lowest BCUT2D eigenvalue weighted by Gasteiger charge is -2.13. The monoisotopic (exact) mass is 273 g/mol. The molecule has 1 unspecified atom stereocenters. The maximum absolute atomic E-state index is 8.83. The normalized spacial score (nSPS) is 15.4. The van der Waals surface area contributed by atoms with Crippen LogP contribution in [0.25, 0.3) is 0 Å². The fourth-order valence-corrected chi connectivity index (χ4v) is 2.13. The number of halogens is 1. The van der Waals surface area contributed by atoms with Gasteiger partial charge in [0.1, 0.15) is 0 Å². The van der Waals surface area contributed by atoms with E-state index in [1.807, 2.05) is 12.1 Å². The number of benzene rings is 1. The molecule has 0 radical (unpaired) electrons. The quantitative estimate of drug-likeness (QED) is 0.878. The molecule has 1 heterocycles. The Morgan fingerprint density at radius 3 is 2.73 bits per heavy atom. The first-order chi connectivity index (χ1) is 7.22. The van der Waals surface area contributed by atoms with Crippen molar-refractivity contribution in [3.8, 4) is 11.5 Å². The van der Waals surface area contributed by atoms with Gasteiger partial charge in [-0.15, -0.1) is 0 Å². The third-order valence-corrected chi connectivity index (χ3v) is 3.02. The minimum Gasteiger partial charge on any atom is -0.454 e. The maximum Gasteiger partial charge on any atom is 0.231 e. The Hall–Kier alpha value is -0.780. The van der Waals surface area contributed by atoms with Crippen LogP contribution < -0.4 is 15.2 Å². The lowest BCUT2D eigenvalue weighted by atomic mass is 10.0. The van der Waals surface area contributed by atoms with Crippen molar-refractivity contribution in [2.45, 2.75) is 12.5 Å². The Morgan fingerprint density at radius 1 is 1.40 bits per heavy atom. The summed E-state index contributed by atoms with van der Waals surface area (Å²) in [5, 5.41) is 8.83. The molecule has 1 aromatic carbocycles. The third-order valence-electron chi connectivity index (χ3n) is 2.33. The van der Waals surface area contributed by atoms with Crippen molar-refractivity contribution in [1.29, 1.82) is 0 Å². The molecule has 0 spiro atoms. The first-order valence-corrected chi connectivity index (χ1v) is 5.47. The predicted octanol–water partition coefficient (Wildman–Crippen LogP) is 1.56. The van der Waals surface area contributed by atoms with Gasteiger partial charge in [0.05, 0.1) is 0 Å². The molecule has 5 heteroatoms. The van der Waals surface area contributed by atoms with E-state index in [1.165, 1.54) is 0 Å². The molecule has 0 amide bonds. The summed E-state index contributed by atoms with van der Waals surface area (Å²) in [4.78, 5) is 0. The third kappa shape index (κ3) is 2.09. The smallest absolute Gasteiger partial charge is 0.231 e. The first kappa shape index (κ1) is 10.7. The van der Waals surface area contributed by atoms with Crippen molar-refractivity contribution in [2.75, 3.05) is 13.4 Å². The summed E-state index contributed by atoms with van der Waals surface area (Å²) in [6.45, 7) is 0.322. The number of fused-ring (bicyclic) bond motifs is 1. The van der Waals surface area contributed by atoms with Gasteiger partial charge >= 0.3 is 0 Å². The van der Waals surface area contributed by atoms with Gasteiger partial charge in [-0.05, 0) is 24.1 Å². The van der Waals surface area contributed by atoms with Crippen molar-refractivity contribution >= 4 is 15.9 Å². The van der Waals surface area contributed by atoms with Gasteiger partial charge in [0.25, 0.3) is 0 Å². The molecule has 82 valence electrons. The van der Waals surface area contributed by atoms with Gasteiger partial charge in [-0.2, -0.15) is 0 Å². The van der Waals surface area contributed by atoms with Crippen LogP contribution in [0.3, 0.4) is 0 Å². The van der Waals surface area contributed by atoms with Gasteiger partial charge in [0.15, 0.2) is 11.5 Å². The zero-order valence-electron chi connectivity index (χ0n) is 8.07. The molecule has 1 aromatic rings. The fourth-order valence-electron chi connectivity index (χ4n) is 1.51. The summed E-state index contributed by atoms with van der Waals surface area (Å²) < 4.78 is 11.4. The van der Waals surface area contributed by atoms with Gasteiger partial charge < -0.3 is 20.3 Å². The summed E-state index contributed by atoms with van der Waals surface area (Å²) in [7, 11) is 0. The van der Waals surface area contributed by atoms with Gasteiger partial charge in [-0.1, -0.05) is 15.9 Å². The average molecular weight is 274 g/mol. The number of hydrogen-bond donors (Lipinski definition) is 2. The van der Waals surface area contributed by atoms with E-state index < -0.39 is 0 Å². The van der Waals surface area contributed by atoms with Gasteiger partial charge in [0, 0.05) is 17.1 Å². The van der Waals surface area contributed by atoms with Crippen LogP contribution >= 0.6 is 15.9 Å². The molecule has 15 heavy (non-hydrogen) atoms. The molecule has 0 saturated carbocycles. The van der Waals surface area contributed by atoms with E-state index in [9.17, 15) is 0 Å². The summed E-state index contributed by atoms with van der Waals surface area (Å²) in [5.41, 5.74) is 6.84. The second-order valence-electron chi connectivity index (χ2n) is 3.35. The number of aliphatic hydroxyl groups is 1. The van der Waals surface area contributed by atoms with E-state index in [2.05, 4.69) is 15.9 Å². The highest BCUT2D eigenvalue weighted by atomic mass is 79.9. The highest BCUT2D eigenvalue weighted by molar-refractivity contribution is 9.10. The predicted molar refractivity (Wildman–Crippen MR) is 58.9 cm³/mol. The Labute approximate surface area is 96.1 Å². The molecule has 3 N–H and O–H groups in total. The lowest BCUT2D eigenvalue weighted by molar-refractivity contribution is 0.174. The Bertz CT molecular complexity index is 370. The second kappa shape index (κ2) is 4.38. The number of hydrogen-bond acceptors (Lipinski definition) is 4. The Kier molecular flexibility index (Phi) is 3.14. The molecule has 0 aromatic heterocycles. The topological polar surface area (TPSA) is 64.7 Å². The molecule has 0 fully saturated rings. The molecular formula is C10H12BrNO3. The van der Waals surface area contributed by atoms with E-state index in [4.69, 9.17) is 20.3 Å². The fraction of sp³-hybridized carbons (Fsp3) is 0.400. The molecule has 0 aliphatic carbocycles. The number of rotatable bonds is 3. The zero-order valence-corrected chi connectivity index (χ0v) is 9.66. The van der Waals surface area contributed by atoms with Crippen molar-refractivity contribution in [3.05, 3.63) is 22.2 Å². The molecular weight excluding hydrogens is 262 g/mol. The van der Waals surface area contributed by atoms with Crippen LogP contribution in [0.2, 0.25) is 0 Å². The average Bonchev–Trinajstić information content (AvgIpc) is 2.63. The van der Waals surface area contributed by atoms with Crippen molar-refractivity contribution in [3.63, 3.8) is 0 Å². The minimum atomic E-state index is -0.195. The molecule has 0 bridgehead atoms. The highest BCUT2D eigenvalue weighted by Gasteiger charge is 2.18. The molecule has 1 aliphatic heterocycles. The van der Waals surface area contributed by atoms with Crippen LogP contribution in [0.15, 0.2) is 16.6 Å². The largest absolute Gasteiger partial charge is 0.454 e. The van der Waals surface area contributed by atoms with E-state index in [1.54, 1.807) is 0 Å². The Morgan fingerprint density at radius 2 is 2.07 bits per heavy atom. The summed E-state index contributed by atoms with van der Waals surface area (Å²) in [6.07, 6.45) is 0.526. The molecule has 2 rings (SSSR count). The number of aliphatic hydroxyl groups excluding tert-OH is 1. The number of nitrogens with two attached hydrogens (primary N) is 1. The van der Waals surface area contributed by atoms with Crippen LogP contribution in [-0.2, 0) is 0 Å². The van der Waals surface area contributed by atoms with Crippen molar-refractivity contribution in [2.24, 2.45) is 5.73 Å². The molecule has 0 saturated heterocycles. The van der Waals surface area contributed by atoms with Crippen LogP contribution in [0.4, 0.5) is 0 Å². The van der Waals surface area contributed by atoms with Gasteiger partial charge in [-0.3, -0.25) is 0 Å². The van der Waals surface area contributed by atoms with Crippen molar-refractivity contribution < 1.29 is 14.6 Å². The molecule has 4 nitrogen and oxygen atoms in total. The van der Waals surface area contributed by atoms with E-state index in [0.717, 1.165) is 15.8 Å². The maximum atomic E-state index is 8.83. The van der Waals surface area contributed by atoms with Crippen LogP contribution in [0, 0.1) is 0 Å².